The first-order valence-electron chi connectivity index (χ1n) is 10.7. The van der Waals surface area contributed by atoms with Crippen LogP contribution in [0.15, 0.2) is 60.9 Å². The third-order valence-corrected chi connectivity index (χ3v) is 5.84. The molecule has 0 unspecified atom stereocenters. The Bertz CT molecular complexity index is 1190. The lowest BCUT2D eigenvalue weighted by molar-refractivity contribution is -0.137. The maximum atomic E-state index is 12.6. The first-order chi connectivity index (χ1) is 15.2. The van der Waals surface area contributed by atoms with Crippen LogP contribution in [0.25, 0.3) is 22.2 Å². The molecule has 0 bridgehead atoms. The highest BCUT2D eigenvalue weighted by Gasteiger charge is 2.32. The molecule has 1 saturated heterocycles. The summed E-state index contributed by atoms with van der Waals surface area (Å²) in [7, 11) is 0. The summed E-state index contributed by atoms with van der Waals surface area (Å²) in [5, 5.41) is 9.78. The molecule has 7 nitrogen and oxygen atoms in total. The lowest BCUT2D eigenvalue weighted by atomic mass is 10.1. The van der Waals surface area contributed by atoms with E-state index in [9.17, 15) is 4.79 Å². The maximum Gasteiger partial charge on any atom is 0.223 e. The van der Waals surface area contributed by atoms with Gasteiger partial charge in [0.05, 0.1) is 18.8 Å². The maximum absolute atomic E-state index is 12.6. The van der Waals surface area contributed by atoms with Crippen molar-refractivity contribution >= 4 is 16.8 Å². The highest BCUT2D eigenvalue weighted by Crippen LogP contribution is 2.26. The Morgan fingerprint density at radius 3 is 2.77 bits per heavy atom. The van der Waals surface area contributed by atoms with E-state index < -0.39 is 0 Å². The Hall–Kier alpha value is -3.61. The molecule has 1 fully saturated rings. The molecule has 1 aliphatic heterocycles. The number of carbonyl (C=O) groups excluding carboxylic acids is 1. The zero-order valence-electron chi connectivity index (χ0n) is 17.5. The first kappa shape index (κ1) is 19.4. The molecular weight excluding hydrogens is 390 g/mol. The molecule has 1 aliphatic rings. The van der Waals surface area contributed by atoms with Crippen molar-refractivity contribution < 1.29 is 9.53 Å². The van der Waals surface area contributed by atoms with Gasteiger partial charge in [-0.25, -0.2) is 4.68 Å². The van der Waals surface area contributed by atoms with E-state index in [4.69, 9.17) is 4.74 Å². The molecule has 2 aromatic carbocycles. The van der Waals surface area contributed by atoms with Crippen LogP contribution >= 0.6 is 0 Å². The molecule has 158 valence electrons. The second-order valence-electron chi connectivity index (χ2n) is 7.85. The smallest absolute Gasteiger partial charge is 0.223 e. The summed E-state index contributed by atoms with van der Waals surface area (Å²) in [5.41, 5.74) is 4.13. The molecule has 0 spiro atoms. The van der Waals surface area contributed by atoms with E-state index in [2.05, 4.69) is 27.4 Å². The third-order valence-electron chi connectivity index (χ3n) is 5.84. The molecule has 4 aromatic rings. The van der Waals surface area contributed by atoms with Gasteiger partial charge in [-0.1, -0.05) is 23.4 Å². The van der Waals surface area contributed by atoms with Crippen molar-refractivity contribution in [2.75, 3.05) is 19.7 Å². The van der Waals surface area contributed by atoms with Crippen LogP contribution in [-0.2, 0) is 11.2 Å². The van der Waals surface area contributed by atoms with Crippen molar-refractivity contribution in [3.05, 3.63) is 66.5 Å². The third kappa shape index (κ3) is 3.91. The standard InChI is InChI=1S/C24H25N5O2/c1-2-31-20-10-7-17(8-11-20)23-16-29(27-26-23)19-14-28(15-19)24(30)12-9-18-13-25-22-6-4-3-5-21(18)22/h3-8,10-11,13,16,19,25H,2,9,12,14-15H2,1H3. The Labute approximate surface area is 180 Å². The monoisotopic (exact) mass is 415 g/mol. The number of fused-ring (bicyclic) bond motifs is 1. The van der Waals surface area contributed by atoms with Gasteiger partial charge in [-0.05, 0) is 49.2 Å². The molecule has 0 atom stereocenters. The average Bonchev–Trinajstić information content (AvgIpc) is 3.40. The number of benzene rings is 2. The highest BCUT2D eigenvalue weighted by atomic mass is 16.5. The van der Waals surface area contributed by atoms with Crippen molar-refractivity contribution in [2.24, 2.45) is 0 Å². The predicted molar refractivity (Wildman–Crippen MR) is 119 cm³/mol. The minimum atomic E-state index is 0.181. The van der Waals surface area contributed by atoms with Crippen LogP contribution in [0.5, 0.6) is 5.75 Å². The molecular formula is C24H25N5O2. The quantitative estimate of drug-likeness (QED) is 0.498. The van der Waals surface area contributed by atoms with Crippen molar-refractivity contribution in [2.45, 2.75) is 25.8 Å². The Morgan fingerprint density at radius 2 is 1.97 bits per heavy atom. The van der Waals surface area contributed by atoms with Gasteiger partial charge >= 0.3 is 0 Å². The van der Waals surface area contributed by atoms with Crippen LogP contribution in [0, 0.1) is 0 Å². The number of likely N-dealkylation sites (tertiary alicyclic amines) is 1. The first-order valence-corrected chi connectivity index (χ1v) is 10.7. The number of ether oxygens (including phenoxy) is 1. The number of amides is 1. The van der Waals surface area contributed by atoms with Crippen LogP contribution in [0.4, 0.5) is 0 Å². The van der Waals surface area contributed by atoms with Crippen molar-refractivity contribution in [3.63, 3.8) is 0 Å². The van der Waals surface area contributed by atoms with Crippen LogP contribution < -0.4 is 4.74 Å². The number of nitrogens with one attached hydrogen (secondary N) is 1. The van der Waals surface area contributed by atoms with Crippen LogP contribution in [-0.4, -0.2) is 50.5 Å². The summed E-state index contributed by atoms with van der Waals surface area (Å²) >= 11 is 0. The molecule has 5 rings (SSSR count). The topological polar surface area (TPSA) is 76.0 Å². The van der Waals surface area contributed by atoms with Gasteiger partial charge in [-0.2, -0.15) is 0 Å². The number of H-pyrrole nitrogens is 1. The SMILES string of the molecule is CCOc1ccc(-c2cn(C3CN(C(=O)CCc4c[nH]c5ccccc45)C3)nn2)cc1. The molecule has 1 amide bonds. The van der Waals surface area contributed by atoms with Gasteiger partial charge in [0.1, 0.15) is 11.4 Å². The fraction of sp³-hybridized carbons (Fsp3) is 0.292. The van der Waals surface area contributed by atoms with Gasteiger partial charge < -0.3 is 14.6 Å². The summed E-state index contributed by atoms with van der Waals surface area (Å²) in [5.74, 6) is 1.04. The lowest BCUT2D eigenvalue weighted by Gasteiger charge is -2.39. The fourth-order valence-corrected chi connectivity index (χ4v) is 4.04. The summed E-state index contributed by atoms with van der Waals surface area (Å²) in [6, 6.07) is 16.2. The van der Waals surface area contributed by atoms with Crippen molar-refractivity contribution in [1.82, 2.24) is 24.9 Å². The Kier molecular flexibility index (Phi) is 5.16. The van der Waals surface area contributed by atoms with Gasteiger partial charge in [0.25, 0.3) is 0 Å². The molecule has 0 radical (unpaired) electrons. The van der Waals surface area contributed by atoms with Crippen LogP contribution in [0.2, 0.25) is 0 Å². The van der Waals surface area contributed by atoms with Gasteiger partial charge in [-0.3, -0.25) is 4.79 Å². The number of hydrogen-bond donors (Lipinski definition) is 1. The molecule has 0 aliphatic carbocycles. The zero-order chi connectivity index (χ0) is 21.2. The van der Waals surface area contributed by atoms with Gasteiger partial charge in [0.2, 0.25) is 5.91 Å². The minimum Gasteiger partial charge on any atom is -0.494 e. The number of aromatic nitrogens is 4. The number of para-hydroxylation sites is 1. The van der Waals surface area contributed by atoms with E-state index in [0.717, 1.165) is 28.9 Å². The van der Waals surface area contributed by atoms with Gasteiger partial charge in [0.15, 0.2) is 0 Å². The van der Waals surface area contributed by atoms with Gasteiger partial charge in [0, 0.05) is 42.2 Å². The van der Waals surface area contributed by atoms with E-state index in [0.29, 0.717) is 26.1 Å². The molecule has 31 heavy (non-hydrogen) atoms. The number of aryl methyl sites for hydroxylation is 1. The largest absolute Gasteiger partial charge is 0.494 e. The molecule has 1 N–H and O–H groups in total. The Balaban J connectivity index is 1.15. The number of carbonyl (C=O) groups is 1. The van der Waals surface area contributed by atoms with E-state index in [1.807, 2.05) is 65.3 Å². The van der Waals surface area contributed by atoms with E-state index in [1.54, 1.807) is 0 Å². The number of hydrogen-bond acceptors (Lipinski definition) is 4. The Morgan fingerprint density at radius 1 is 1.16 bits per heavy atom. The fourth-order valence-electron chi connectivity index (χ4n) is 4.04. The number of rotatable bonds is 7. The zero-order valence-corrected chi connectivity index (χ0v) is 17.5. The van der Waals surface area contributed by atoms with Crippen LogP contribution in [0.3, 0.4) is 0 Å². The second kappa shape index (κ2) is 8.26. The van der Waals surface area contributed by atoms with Gasteiger partial charge in [-0.15, -0.1) is 5.10 Å². The molecule has 3 heterocycles. The normalized spacial score (nSPS) is 14.0. The molecule has 0 saturated carbocycles. The van der Waals surface area contributed by atoms with E-state index in [-0.39, 0.29) is 11.9 Å². The summed E-state index contributed by atoms with van der Waals surface area (Å²) in [6.45, 7) is 3.97. The lowest BCUT2D eigenvalue weighted by Crippen LogP contribution is -2.50. The van der Waals surface area contributed by atoms with Crippen molar-refractivity contribution in [1.29, 1.82) is 0 Å². The van der Waals surface area contributed by atoms with Crippen LogP contribution in [0.1, 0.15) is 24.9 Å². The predicted octanol–water partition coefficient (Wildman–Crippen LogP) is 3.84. The number of aromatic amines is 1. The second-order valence-corrected chi connectivity index (χ2v) is 7.85. The summed E-state index contributed by atoms with van der Waals surface area (Å²) < 4.78 is 7.36. The minimum absolute atomic E-state index is 0.181. The summed E-state index contributed by atoms with van der Waals surface area (Å²) in [4.78, 5) is 17.8. The van der Waals surface area contributed by atoms with E-state index in [1.165, 1.54) is 10.9 Å². The van der Waals surface area contributed by atoms with Crippen molar-refractivity contribution in [3.8, 4) is 17.0 Å². The highest BCUT2D eigenvalue weighted by molar-refractivity contribution is 5.84. The average molecular weight is 415 g/mol. The molecule has 7 heteroatoms. The summed E-state index contributed by atoms with van der Waals surface area (Å²) in [6.07, 6.45) is 5.22. The number of nitrogens with zero attached hydrogens (tertiary/aromatic N) is 4. The molecule has 2 aromatic heterocycles. The van der Waals surface area contributed by atoms with E-state index >= 15 is 0 Å².